The molecule has 0 radical (unpaired) electrons. The predicted molar refractivity (Wildman–Crippen MR) is 70.0 cm³/mol. The van der Waals surface area contributed by atoms with Gasteiger partial charge in [0.1, 0.15) is 0 Å². The minimum atomic E-state index is -0.652. The van der Waals surface area contributed by atoms with Gasteiger partial charge in [-0.05, 0) is 50.1 Å². The first-order valence-corrected chi connectivity index (χ1v) is 6.91. The number of piperidine rings is 1. The van der Waals surface area contributed by atoms with Crippen LogP contribution in [0.1, 0.15) is 46.5 Å². The summed E-state index contributed by atoms with van der Waals surface area (Å²) in [6, 6.07) is 0. The zero-order valence-corrected chi connectivity index (χ0v) is 11.5. The van der Waals surface area contributed by atoms with Crippen molar-refractivity contribution in [1.29, 1.82) is 0 Å². The van der Waals surface area contributed by atoms with Crippen molar-refractivity contribution in [3.8, 4) is 0 Å². The Morgan fingerprint density at radius 2 is 1.94 bits per heavy atom. The summed E-state index contributed by atoms with van der Waals surface area (Å²) in [5, 5.41) is 8.95. The van der Waals surface area contributed by atoms with Crippen LogP contribution in [0.5, 0.6) is 0 Å². The summed E-state index contributed by atoms with van der Waals surface area (Å²) in [5.41, 5.74) is 0. The molecule has 17 heavy (non-hydrogen) atoms. The molecule has 1 aliphatic rings. The largest absolute Gasteiger partial charge is 0.481 e. The minimum absolute atomic E-state index is 0.320. The highest BCUT2D eigenvalue weighted by Gasteiger charge is 2.21. The predicted octanol–water partition coefficient (Wildman–Crippen LogP) is 2.86. The molecule has 1 atom stereocenters. The van der Waals surface area contributed by atoms with E-state index < -0.39 is 5.97 Å². The molecule has 0 aliphatic carbocycles. The Morgan fingerprint density at radius 3 is 2.41 bits per heavy atom. The summed E-state index contributed by atoms with van der Waals surface area (Å²) in [5.74, 6) is 1.10. The number of carboxylic acids is 1. The highest BCUT2D eigenvalue weighted by atomic mass is 16.4. The van der Waals surface area contributed by atoms with Crippen molar-refractivity contribution in [3.05, 3.63) is 0 Å². The fourth-order valence-electron chi connectivity index (χ4n) is 2.75. The van der Waals surface area contributed by atoms with Crippen LogP contribution >= 0.6 is 0 Å². The van der Waals surface area contributed by atoms with Crippen LogP contribution in [-0.4, -0.2) is 35.6 Å². The van der Waals surface area contributed by atoms with Crippen molar-refractivity contribution >= 4 is 5.97 Å². The molecule has 0 saturated carbocycles. The standard InChI is InChI=1S/C14H27NO2/c1-11(2)8-13(9-14(16)17)10-15-6-4-12(3)5-7-15/h11-13H,4-10H2,1-3H3,(H,16,17). The second kappa shape index (κ2) is 7.00. The van der Waals surface area contributed by atoms with Crippen molar-refractivity contribution in [3.63, 3.8) is 0 Å². The average Bonchev–Trinajstić information content (AvgIpc) is 2.19. The summed E-state index contributed by atoms with van der Waals surface area (Å²) < 4.78 is 0. The molecule has 1 N–H and O–H groups in total. The normalized spacial score (nSPS) is 20.7. The van der Waals surface area contributed by atoms with Gasteiger partial charge in [0.05, 0.1) is 0 Å². The lowest BCUT2D eigenvalue weighted by Gasteiger charge is -2.33. The molecule has 1 aliphatic heterocycles. The van der Waals surface area contributed by atoms with E-state index in [0.29, 0.717) is 18.3 Å². The minimum Gasteiger partial charge on any atom is -0.481 e. The van der Waals surface area contributed by atoms with Crippen LogP contribution in [-0.2, 0) is 4.79 Å². The topological polar surface area (TPSA) is 40.5 Å². The fourth-order valence-corrected chi connectivity index (χ4v) is 2.75. The zero-order valence-electron chi connectivity index (χ0n) is 11.5. The smallest absolute Gasteiger partial charge is 0.303 e. The van der Waals surface area contributed by atoms with E-state index in [9.17, 15) is 4.79 Å². The molecular weight excluding hydrogens is 214 g/mol. The number of carbonyl (C=O) groups is 1. The SMILES string of the molecule is CC(C)CC(CC(=O)O)CN1CCC(C)CC1. The maximum atomic E-state index is 10.9. The Morgan fingerprint density at radius 1 is 1.35 bits per heavy atom. The molecule has 1 fully saturated rings. The van der Waals surface area contributed by atoms with E-state index in [4.69, 9.17) is 5.11 Å². The van der Waals surface area contributed by atoms with Crippen molar-refractivity contribution in [2.24, 2.45) is 17.8 Å². The van der Waals surface area contributed by atoms with Gasteiger partial charge < -0.3 is 10.0 Å². The molecule has 100 valence electrons. The molecule has 1 rings (SSSR count). The lowest BCUT2D eigenvalue weighted by Crippen LogP contribution is -2.37. The summed E-state index contributed by atoms with van der Waals surface area (Å²) in [4.78, 5) is 13.3. The van der Waals surface area contributed by atoms with Crippen molar-refractivity contribution in [1.82, 2.24) is 4.90 Å². The van der Waals surface area contributed by atoms with E-state index in [0.717, 1.165) is 32.0 Å². The maximum Gasteiger partial charge on any atom is 0.303 e. The molecule has 0 aromatic rings. The second-order valence-corrected chi connectivity index (χ2v) is 6.08. The molecule has 3 nitrogen and oxygen atoms in total. The van der Waals surface area contributed by atoms with Gasteiger partial charge >= 0.3 is 5.97 Å². The Hall–Kier alpha value is -0.570. The molecule has 0 aromatic carbocycles. The summed E-state index contributed by atoms with van der Waals surface area (Å²) >= 11 is 0. The quantitative estimate of drug-likeness (QED) is 0.777. The number of aliphatic carboxylic acids is 1. The summed E-state index contributed by atoms with van der Waals surface area (Å²) in [6.07, 6.45) is 3.88. The van der Waals surface area contributed by atoms with Crippen LogP contribution in [0.3, 0.4) is 0 Å². The van der Waals surface area contributed by atoms with Crippen LogP contribution in [0.2, 0.25) is 0 Å². The molecule has 0 amide bonds. The molecule has 1 unspecified atom stereocenters. The van der Waals surface area contributed by atoms with Crippen LogP contribution in [0.4, 0.5) is 0 Å². The molecule has 3 heteroatoms. The van der Waals surface area contributed by atoms with Crippen molar-refractivity contribution in [2.45, 2.75) is 46.5 Å². The third-order valence-corrected chi connectivity index (χ3v) is 3.66. The van der Waals surface area contributed by atoms with Gasteiger partial charge in [0.15, 0.2) is 0 Å². The molecule has 1 heterocycles. The molecule has 0 aromatic heterocycles. The maximum absolute atomic E-state index is 10.9. The van der Waals surface area contributed by atoms with E-state index in [1.165, 1.54) is 12.8 Å². The molecule has 1 saturated heterocycles. The van der Waals surface area contributed by atoms with Gasteiger partial charge in [-0.3, -0.25) is 4.79 Å². The average molecular weight is 241 g/mol. The highest BCUT2D eigenvalue weighted by molar-refractivity contribution is 5.67. The highest BCUT2D eigenvalue weighted by Crippen LogP contribution is 2.21. The Labute approximate surface area is 105 Å². The monoisotopic (exact) mass is 241 g/mol. The van der Waals surface area contributed by atoms with Gasteiger partial charge in [-0.1, -0.05) is 20.8 Å². The van der Waals surface area contributed by atoms with Gasteiger partial charge in [0.25, 0.3) is 0 Å². The molecular formula is C14H27NO2. The Kier molecular flexibility index (Phi) is 5.96. The first kappa shape index (κ1) is 14.5. The lowest BCUT2D eigenvalue weighted by molar-refractivity contribution is -0.138. The Bertz CT molecular complexity index is 232. The van der Waals surface area contributed by atoms with Crippen LogP contribution in [0, 0.1) is 17.8 Å². The van der Waals surface area contributed by atoms with Gasteiger partial charge in [-0.15, -0.1) is 0 Å². The fraction of sp³-hybridized carbons (Fsp3) is 0.929. The first-order chi connectivity index (χ1) is 7.97. The van der Waals surface area contributed by atoms with Crippen molar-refractivity contribution in [2.75, 3.05) is 19.6 Å². The number of likely N-dealkylation sites (tertiary alicyclic amines) is 1. The second-order valence-electron chi connectivity index (χ2n) is 6.08. The van der Waals surface area contributed by atoms with E-state index in [1.54, 1.807) is 0 Å². The lowest BCUT2D eigenvalue weighted by atomic mass is 9.92. The summed E-state index contributed by atoms with van der Waals surface area (Å²) in [7, 11) is 0. The number of rotatable bonds is 6. The van der Waals surface area contributed by atoms with E-state index in [-0.39, 0.29) is 0 Å². The van der Waals surface area contributed by atoms with E-state index >= 15 is 0 Å². The third-order valence-electron chi connectivity index (χ3n) is 3.66. The zero-order chi connectivity index (χ0) is 12.8. The first-order valence-electron chi connectivity index (χ1n) is 6.91. The molecule has 0 spiro atoms. The van der Waals surface area contributed by atoms with Crippen LogP contribution in [0.25, 0.3) is 0 Å². The number of nitrogens with zero attached hydrogens (tertiary/aromatic N) is 1. The van der Waals surface area contributed by atoms with Crippen molar-refractivity contribution < 1.29 is 9.90 Å². The number of hydrogen-bond donors (Lipinski definition) is 1. The van der Waals surface area contributed by atoms with Gasteiger partial charge in [0.2, 0.25) is 0 Å². The van der Waals surface area contributed by atoms with E-state index in [1.807, 2.05) is 0 Å². The van der Waals surface area contributed by atoms with Crippen LogP contribution < -0.4 is 0 Å². The van der Waals surface area contributed by atoms with Gasteiger partial charge in [-0.25, -0.2) is 0 Å². The number of hydrogen-bond acceptors (Lipinski definition) is 2. The van der Waals surface area contributed by atoms with E-state index in [2.05, 4.69) is 25.7 Å². The third kappa shape index (κ3) is 6.06. The van der Waals surface area contributed by atoms with Crippen LogP contribution in [0.15, 0.2) is 0 Å². The Balaban J connectivity index is 2.39. The molecule has 0 bridgehead atoms. The van der Waals surface area contributed by atoms with Gasteiger partial charge in [0, 0.05) is 13.0 Å². The number of carboxylic acid groups (broad SMARTS) is 1. The summed E-state index contributed by atoms with van der Waals surface area (Å²) in [6.45, 7) is 9.92. The van der Waals surface area contributed by atoms with Gasteiger partial charge in [-0.2, -0.15) is 0 Å².